The molecule has 134 valence electrons. The van der Waals surface area contributed by atoms with E-state index < -0.39 is 47.3 Å². The molecule has 0 saturated heterocycles. The Kier molecular flexibility index (Phi) is 4.23. The van der Waals surface area contributed by atoms with Crippen LogP contribution in [0.5, 0.6) is 0 Å². The van der Waals surface area contributed by atoms with Crippen molar-refractivity contribution in [3.05, 3.63) is 70.3 Å². The largest absolute Gasteiger partial charge is 0.416 e. The number of alkyl halides is 4. The Morgan fingerprint density at radius 3 is 2.08 bits per heavy atom. The maximum Gasteiger partial charge on any atom is 0.416 e. The molecule has 0 atom stereocenters. The molecular formula is C17H9F4NO4. The standard InChI is InChI=1S/C17H9F4NO4/c18-8-9-5-10(7-11(6-9)17(19,20)21)16(25)26-22-14(23)12-3-1-2-4-13(12)15(22)24/h1-7H,8H2. The molecule has 0 bridgehead atoms. The minimum atomic E-state index is -4.81. The summed E-state index contributed by atoms with van der Waals surface area (Å²) in [6.07, 6.45) is -4.81. The third-order valence-corrected chi connectivity index (χ3v) is 3.64. The number of carbonyl (C=O) groups is 3. The molecule has 9 heteroatoms. The first-order valence-electron chi connectivity index (χ1n) is 7.19. The Morgan fingerprint density at radius 2 is 1.58 bits per heavy atom. The Labute approximate surface area is 143 Å². The highest BCUT2D eigenvalue weighted by Gasteiger charge is 2.39. The highest BCUT2D eigenvalue weighted by atomic mass is 19.4. The average molecular weight is 367 g/mol. The van der Waals surface area contributed by atoms with Crippen molar-refractivity contribution >= 4 is 17.8 Å². The molecule has 0 fully saturated rings. The fourth-order valence-electron chi connectivity index (χ4n) is 2.44. The maximum atomic E-state index is 12.9. The van der Waals surface area contributed by atoms with Gasteiger partial charge in [0.1, 0.15) is 6.67 Å². The van der Waals surface area contributed by atoms with Crippen LogP contribution in [0.3, 0.4) is 0 Å². The summed E-state index contributed by atoms with van der Waals surface area (Å²) in [5.74, 6) is -3.23. The van der Waals surface area contributed by atoms with Crippen LogP contribution < -0.4 is 0 Å². The van der Waals surface area contributed by atoms with E-state index in [9.17, 15) is 31.9 Å². The number of nitrogens with zero attached hydrogens (tertiary/aromatic N) is 1. The summed E-state index contributed by atoms with van der Waals surface area (Å²) >= 11 is 0. The van der Waals surface area contributed by atoms with E-state index in [2.05, 4.69) is 4.84 Å². The zero-order chi connectivity index (χ0) is 19.1. The third-order valence-electron chi connectivity index (χ3n) is 3.64. The molecule has 0 aromatic heterocycles. The lowest BCUT2D eigenvalue weighted by Crippen LogP contribution is -2.32. The molecule has 0 spiro atoms. The van der Waals surface area contributed by atoms with Crippen LogP contribution in [0.4, 0.5) is 17.6 Å². The lowest BCUT2D eigenvalue weighted by Gasteiger charge is -2.14. The Hall–Kier alpha value is -3.23. The van der Waals surface area contributed by atoms with Crippen molar-refractivity contribution in [3.63, 3.8) is 0 Å². The molecule has 2 aromatic carbocycles. The van der Waals surface area contributed by atoms with Gasteiger partial charge >= 0.3 is 12.1 Å². The number of hydroxylamine groups is 2. The van der Waals surface area contributed by atoms with Crippen LogP contribution in [0.1, 0.15) is 42.2 Å². The molecule has 2 aromatic rings. The van der Waals surface area contributed by atoms with Crippen LogP contribution in [0.15, 0.2) is 42.5 Å². The molecule has 0 saturated carbocycles. The predicted molar refractivity (Wildman–Crippen MR) is 78.6 cm³/mol. The van der Waals surface area contributed by atoms with E-state index in [0.717, 1.165) is 6.07 Å². The summed E-state index contributed by atoms with van der Waals surface area (Å²) in [5, 5.41) is 0.169. The average Bonchev–Trinajstić information content (AvgIpc) is 2.86. The Morgan fingerprint density at radius 1 is 1.00 bits per heavy atom. The van der Waals surface area contributed by atoms with Gasteiger partial charge in [-0.3, -0.25) is 9.59 Å². The van der Waals surface area contributed by atoms with Gasteiger partial charge in [-0.25, -0.2) is 9.18 Å². The van der Waals surface area contributed by atoms with Crippen molar-refractivity contribution in [2.75, 3.05) is 0 Å². The summed E-state index contributed by atoms with van der Waals surface area (Å²) in [7, 11) is 0. The smallest absolute Gasteiger partial charge is 0.324 e. The third kappa shape index (κ3) is 3.03. The fourth-order valence-corrected chi connectivity index (χ4v) is 2.44. The van der Waals surface area contributed by atoms with Crippen molar-refractivity contribution in [1.82, 2.24) is 5.06 Å². The van der Waals surface area contributed by atoms with Gasteiger partial charge in [-0.05, 0) is 35.9 Å². The lowest BCUT2D eigenvalue weighted by molar-refractivity contribution is -0.137. The number of hydrogen-bond donors (Lipinski definition) is 0. The van der Waals surface area contributed by atoms with Crippen LogP contribution in [0.25, 0.3) is 0 Å². The first kappa shape index (κ1) is 17.6. The minimum absolute atomic E-state index is 0.00112. The van der Waals surface area contributed by atoms with Crippen LogP contribution in [-0.4, -0.2) is 22.8 Å². The highest BCUT2D eigenvalue weighted by Crippen LogP contribution is 2.31. The molecule has 0 radical (unpaired) electrons. The number of halogens is 4. The maximum absolute atomic E-state index is 12.9. The topological polar surface area (TPSA) is 63.7 Å². The van der Waals surface area contributed by atoms with Gasteiger partial charge in [0.2, 0.25) is 0 Å². The van der Waals surface area contributed by atoms with Crippen LogP contribution in [0, 0.1) is 0 Å². The summed E-state index contributed by atoms with van der Waals surface area (Å²) in [6.45, 7) is -1.24. The highest BCUT2D eigenvalue weighted by molar-refractivity contribution is 6.21. The summed E-state index contributed by atoms with van der Waals surface area (Å²) < 4.78 is 51.4. The zero-order valence-electron chi connectivity index (χ0n) is 12.8. The van der Waals surface area contributed by atoms with Crippen molar-refractivity contribution in [1.29, 1.82) is 0 Å². The van der Waals surface area contributed by atoms with Gasteiger partial charge in [0, 0.05) is 0 Å². The first-order chi connectivity index (χ1) is 12.2. The number of imide groups is 1. The molecule has 0 unspecified atom stereocenters. The van der Waals surface area contributed by atoms with E-state index in [4.69, 9.17) is 0 Å². The molecule has 1 heterocycles. The molecule has 5 nitrogen and oxygen atoms in total. The number of fused-ring (bicyclic) bond motifs is 1. The lowest BCUT2D eigenvalue weighted by atomic mass is 10.1. The zero-order valence-corrected chi connectivity index (χ0v) is 12.8. The van der Waals surface area contributed by atoms with Gasteiger partial charge < -0.3 is 4.84 Å². The van der Waals surface area contributed by atoms with Gasteiger partial charge in [-0.2, -0.15) is 13.2 Å². The van der Waals surface area contributed by atoms with E-state index >= 15 is 0 Å². The van der Waals surface area contributed by atoms with Crippen molar-refractivity contribution in [2.45, 2.75) is 12.9 Å². The molecule has 26 heavy (non-hydrogen) atoms. The fraction of sp³-hybridized carbons (Fsp3) is 0.118. The number of amides is 2. The SMILES string of the molecule is O=C(ON1C(=O)c2ccccc2C1=O)c1cc(CF)cc(C(F)(F)F)c1. The molecule has 1 aliphatic heterocycles. The van der Waals surface area contributed by atoms with E-state index in [1.165, 1.54) is 24.3 Å². The molecule has 1 aliphatic rings. The second kappa shape index (κ2) is 6.25. The van der Waals surface area contributed by atoms with Gasteiger partial charge in [0.05, 0.1) is 22.3 Å². The van der Waals surface area contributed by atoms with Crippen molar-refractivity contribution < 1.29 is 36.8 Å². The minimum Gasteiger partial charge on any atom is -0.324 e. The van der Waals surface area contributed by atoms with E-state index in [1.54, 1.807) is 0 Å². The van der Waals surface area contributed by atoms with Crippen LogP contribution >= 0.6 is 0 Å². The number of rotatable bonds is 3. The Balaban J connectivity index is 1.90. The number of hydrogen-bond acceptors (Lipinski definition) is 4. The first-order valence-corrected chi connectivity index (χ1v) is 7.19. The molecule has 3 rings (SSSR count). The molecule has 2 amide bonds. The number of carbonyl (C=O) groups excluding carboxylic acids is 3. The van der Waals surface area contributed by atoms with Gasteiger partial charge in [0.15, 0.2) is 0 Å². The van der Waals surface area contributed by atoms with Crippen molar-refractivity contribution in [2.24, 2.45) is 0 Å². The molecular weight excluding hydrogens is 358 g/mol. The monoisotopic (exact) mass is 367 g/mol. The van der Waals surface area contributed by atoms with E-state index in [-0.39, 0.29) is 16.2 Å². The van der Waals surface area contributed by atoms with Gasteiger partial charge in [0.25, 0.3) is 11.8 Å². The van der Waals surface area contributed by atoms with E-state index in [1.807, 2.05) is 0 Å². The molecule has 0 N–H and O–H groups in total. The second-order valence-corrected chi connectivity index (χ2v) is 5.38. The van der Waals surface area contributed by atoms with Crippen LogP contribution in [-0.2, 0) is 17.7 Å². The second-order valence-electron chi connectivity index (χ2n) is 5.38. The Bertz CT molecular complexity index is 888. The summed E-state index contributed by atoms with van der Waals surface area (Å²) in [4.78, 5) is 41.0. The number of benzene rings is 2. The van der Waals surface area contributed by atoms with Gasteiger partial charge in [-0.1, -0.05) is 17.2 Å². The summed E-state index contributed by atoms with van der Waals surface area (Å²) in [5.41, 5.74) is -2.28. The normalized spacial score (nSPS) is 13.8. The quantitative estimate of drug-likeness (QED) is 0.615. The molecule has 0 aliphatic carbocycles. The summed E-state index contributed by atoms with van der Waals surface area (Å²) in [6, 6.07) is 7.54. The predicted octanol–water partition coefficient (Wildman–Crippen LogP) is 3.54. The van der Waals surface area contributed by atoms with Crippen molar-refractivity contribution in [3.8, 4) is 0 Å². The van der Waals surface area contributed by atoms with E-state index in [0.29, 0.717) is 12.1 Å². The van der Waals surface area contributed by atoms with Crippen LogP contribution in [0.2, 0.25) is 0 Å². The van der Waals surface area contributed by atoms with Gasteiger partial charge in [-0.15, -0.1) is 0 Å².